The number of aryl methyl sites for hydroxylation is 1. The Labute approximate surface area is 347 Å². The number of nitriles is 2. The maximum absolute atomic E-state index is 9.83. The second-order valence-electron chi connectivity index (χ2n) is 14.7. The Morgan fingerprint density at radius 2 is 0.850 bits per heavy atom. The first kappa shape index (κ1) is 35.9. The van der Waals surface area contributed by atoms with Crippen LogP contribution >= 0.6 is 0 Å². The summed E-state index contributed by atoms with van der Waals surface area (Å²) in [5.41, 5.74) is 14.0. The molecule has 0 amide bonds. The van der Waals surface area contributed by atoms with E-state index in [4.69, 9.17) is 15.0 Å². The van der Waals surface area contributed by atoms with E-state index in [-0.39, 0.29) is 0 Å². The molecule has 6 heteroatoms. The number of benzene rings is 8. The molecular weight excluding hydrogens is 733 g/mol. The van der Waals surface area contributed by atoms with Gasteiger partial charge < -0.3 is 4.57 Å². The fourth-order valence-electron chi connectivity index (χ4n) is 8.11. The number of fused-ring (bicyclic) bond motifs is 3. The number of rotatable bonds is 7. The molecular formula is C54H34N6. The highest BCUT2D eigenvalue weighted by molar-refractivity contribution is 6.12. The number of aromatic nitrogens is 4. The zero-order chi connectivity index (χ0) is 40.6. The molecule has 6 nitrogen and oxygen atoms in total. The molecule has 10 rings (SSSR count). The van der Waals surface area contributed by atoms with Crippen LogP contribution in [0.25, 0.3) is 95.0 Å². The van der Waals surface area contributed by atoms with Crippen molar-refractivity contribution >= 4 is 21.8 Å². The van der Waals surface area contributed by atoms with Crippen LogP contribution in [0.15, 0.2) is 188 Å². The first-order valence-corrected chi connectivity index (χ1v) is 19.7. The van der Waals surface area contributed by atoms with Crippen LogP contribution in [0.4, 0.5) is 0 Å². The topological polar surface area (TPSA) is 91.2 Å². The summed E-state index contributed by atoms with van der Waals surface area (Å²) in [7, 11) is 0. The molecule has 0 fully saturated rings. The van der Waals surface area contributed by atoms with Gasteiger partial charge in [0.25, 0.3) is 0 Å². The predicted octanol–water partition coefficient (Wildman–Crippen LogP) is 13.0. The lowest BCUT2D eigenvalue weighted by Crippen LogP contribution is -2.04. The number of hydrogen-bond acceptors (Lipinski definition) is 5. The van der Waals surface area contributed by atoms with Crippen LogP contribution in [-0.4, -0.2) is 19.5 Å². The van der Waals surface area contributed by atoms with Gasteiger partial charge in [-0.15, -0.1) is 0 Å². The Morgan fingerprint density at radius 3 is 1.40 bits per heavy atom. The molecule has 0 saturated carbocycles. The summed E-state index contributed by atoms with van der Waals surface area (Å²) in [4.78, 5) is 15.3. The first-order valence-electron chi connectivity index (χ1n) is 19.7. The maximum atomic E-state index is 9.83. The van der Waals surface area contributed by atoms with Crippen molar-refractivity contribution in [3.8, 4) is 85.4 Å². The SMILES string of the molecule is Cc1ccccc1-c1ccc2c(c1)c1ccccc1n2-c1c(-c2ccc(C#N)cc2)cc(-c2nc(-c3ccccc3)nc(-c3ccccc3)n2)cc1-c1ccc(C#N)cc1. The molecule has 0 aliphatic heterocycles. The van der Waals surface area contributed by atoms with Gasteiger partial charge in [0.2, 0.25) is 0 Å². The molecule has 0 unspecified atom stereocenters. The molecule has 8 aromatic carbocycles. The van der Waals surface area contributed by atoms with Crippen LogP contribution < -0.4 is 0 Å². The third-order valence-electron chi connectivity index (χ3n) is 11.1. The van der Waals surface area contributed by atoms with Gasteiger partial charge in [-0.05, 0) is 89.3 Å². The minimum Gasteiger partial charge on any atom is -0.308 e. The van der Waals surface area contributed by atoms with Crippen LogP contribution in [0, 0.1) is 29.6 Å². The van der Waals surface area contributed by atoms with E-state index in [9.17, 15) is 10.5 Å². The van der Waals surface area contributed by atoms with E-state index in [1.807, 2.05) is 109 Å². The van der Waals surface area contributed by atoms with Gasteiger partial charge in [0.05, 0.1) is 40.0 Å². The Kier molecular flexibility index (Phi) is 9.06. The second kappa shape index (κ2) is 15.1. The largest absolute Gasteiger partial charge is 0.308 e. The molecule has 2 aromatic heterocycles. The van der Waals surface area contributed by atoms with Crippen molar-refractivity contribution < 1.29 is 0 Å². The standard InChI is InChI=1S/C54H34N6/c1-35-12-8-9-17-44(35)42-28-29-50-48(30-42)45-18-10-11-19-49(45)60(50)51-46(38-24-20-36(33-55)21-25-38)31-43(32-47(51)39-26-22-37(34-56)23-27-39)54-58-52(40-13-4-2-5-14-40)57-53(59-54)41-15-6-3-7-16-41/h2-32H,1H3. The van der Waals surface area contributed by atoms with Crippen molar-refractivity contribution in [2.45, 2.75) is 6.92 Å². The highest BCUT2D eigenvalue weighted by Crippen LogP contribution is 2.44. The van der Waals surface area contributed by atoms with Crippen LogP contribution in [-0.2, 0) is 0 Å². The summed E-state index contributed by atoms with van der Waals surface area (Å²) in [5.74, 6) is 1.65. The molecule has 10 aromatic rings. The molecule has 280 valence electrons. The predicted molar refractivity (Wildman–Crippen MR) is 241 cm³/mol. The van der Waals surface area contributed by atoms with E-state index in [1.165, 1.54) is 11.1 Å². The van der Waals surface area contributed by atoms with E-state index in [2.05, 4.69) is 102 Å². The smallest absolute Gasteiger partial charge is 0.164 e. The molecule has 0 atom stereocenters. The second-order valence-corrected chi connectivity index (χ2v) is 14.7. The normalized spacial score (nSPS) is 11.1. The van der Waals surface area contributed by atoms with Crippen LogP contribution in [0.3, 0.4) is 0 Å². The van der Waals surface area contributed by atoms with Crippen molar-refractivity contribution in [1.82, 2.24) is 19.5 Å². The van der Waals surface area contributed by atoms with Crippen molar-refractivity contribution in [3.05, 3.63) is 205 Å². The summed E-state index contributed by atoms with van der Waals surface area (Å²) < 4.78 is 2.36. The van der Waals surface area contributed by atoms with Crippen LogP contribution in [0.1, 0.15) is 16.7 Å². The maximum Gasteiger partial charge on any atom is 0.164 e. The minimum absolute atomic E-state index is 0.518. The number of para-hydroxylation sites is 1. The monoisotopic (exact) mass is 766 g/mol. The van der Waals surface area contributed by atoms with Gasteiger partial charge in [-0.25, -0.2) is 15.0 Å². The van der Waals surface area contributed by atoms with Gasteiger partial charge in [-0.1, -0.05) is 133 Å². The van der Waals surface area contributed by atoms with Crippen molar-refractivity contribution in [1.29, 1.82) is 10.5 Å². The fraction of sp³-hybridized carbons (Fsp3) is 0.0185. The summed E-state index contributed by atoms with van der Waals surface area (Å²) in [6.07, 6.45) is 0. The van der Waals surface area contributed by atoms with E-state index < -0.39 is 0 Å². The van der Waals surface area contributed by atoms with Gasteiger partial charge >= 0.3 is 0 Å². The Morgan fingerprint density at radius 1 is 0.383 bits per heavy atom. The lowest BCUT2D eigenvalue weighted by molar-refractivity contribution is 1.07. The number of hydrogen-bond donors (Lipinski definition) is 0. The van der Waals surface area contributed by atoms with Crippen LogP contribution in [0.2, 0.25) is 0 Å². The molecule has 0 bridgehead atoms. The van der Waals surface area contributed by atoms with Gasteiger partial charge in [0, 0.05) is 38.6 Å². The minimum atomic E-state index is 0.518. The molecule has 0 N–H and O–H groups in total. The van der Waals surface area contributed by atoms with Gasteiger partial charge in [-0.3, -0.25) is 0 Å². The van der Waals surface area contributed by atoms with Gasteiger partial charge in [-0.2, -0.15) is 10.5 Å². The van der Waals surface area contributed by atoms with E-state index in [0.717, 1.165) is 72.0 Å². The summed E-state index contributed by atoms with van der Waals surface area (Å²) in [5, 5.41) is 21.9. The van der Waals surface area contributed by atoms with Crippen LogP contribution in [0.5, 0.6) is 0 Å². The van der Waals surface area contributed by atoms with Gasteiger partial charge in [0.15, 0.2) is 17.5 Å². The third-order valence-corrected chi connectivity index (χ3v) is 11.1. The van der Waals surface area contributed by atoms with Crippen molar-refractivity contribution in [2.75, 3.05) is 0 Å². The third kappa shape index (κ3) is 6.45. The Bertz CT molecular complexity index is 3180. The summed E-state index contributed by atoms with van der Waals surface area (Å²) >= 11 is 0. The summed E-state index contributed by atoms with van der Waals surface area (Å²) in [6, 6.07) is 68.0. The highest BCUT2D eigenvalue weighted by Gasteiger charge is 2.23. The lowest BCUT2D eigenvalue weighted by Gasteiger charge is -2.21. The van der Waals surface area contributed by atoms with Crippen molar-refractivity contribution in [2.24, 2.45) is 0 Å². The average Bonchev–Trinajstić information content (AvgIpc) is 3.65. The number of nitrogens with zero attached hydrogens (tertiary/aromatic N) is 6. The zero-order valence-electron chi connectivity index (χ0n) is 32.6. The molecule has 0 aliphatic carbocycles. The van der Waals surface area contributed by atoms with E-state index >= 15 is 0 Å². The molecule has 0 spiro atoms. The zero-order valence-corrected chi connectivity index (χ0v) is 32.6. The average molecular weight is 767 g/mol. The summed E-state index contributed by atoms with van der Waals surface area (Å²) in [6.45, 7) is 2.15. The fourth-order valence-corrected chi connectivity index (χ4v) is 8.11. The highest BCUT2D eigenvalue weighted by atomic mass is 15.0. The quantitative estimate of drug-likeness (QED) is 0.161. The molecule has 0 saturated heterocycles. The van der Waals surface area contributed by atoms with E-state index in [0.29, 0.717) is 28.6 Å². The molecule has 0 radical (unpaired) electrons. The molecule has 2 heterocycles. The first-order chi connectivity index (χ1) is 29.6. The Hall–Kier alpha value is -8.45. The van der Waals surface area contributed by atoms with E-state index in [1.54, 1.807) is 0 Å². The van der Waals surface area contributed by atoms with Gasteiger partial charge in [0.1, 0.15) is 0 Å². The van der Waals surface area contributed by atoms with Crippen molar-refractivity contribution in [3.63, 3.8) is 0 Å². The molecule has 60 heavy (non-hydrogen) atoms. The molecule has 0 aliphatic rings. The Balaban J connectivity index is 1.32. The lowest BCUT2D eigenvalue weighted by atomic mass is 9.91.